The lowest BCUT2D eigenvalue weighted by atomic mass is 10.1. The Morgan fingerprint density at radius 1 is 1.41 bits per heavy atom. The maximum atomic E-state index is 12.6. The zero-order valence-corrected chi connectivity index (χ0v) is 15.5. The zero-order chi connectivity index (χ0) is 16.1. The molecule has 0 aliphatic carbocycles. The molecule has 0 saturated carbocycles. The molecule has 2 rings (SSSR count). The Balaban J connectivity index is 2.13. The number of rotatable bonds is 6. The third-order valence-corrected chi connectivity index (χ3v) is 4.98. The molecule has 1 saturated heterocycles. The van der Waals surface area contributed by atoms with E-state index in [2.05, 4.69) is 39.7 Å². The van der Waals surface area contributed by atoms with Gasteiger partial charge in [0.05, 0.1) is 17.8 Å². The number of likely N-dealkylation sites (N-methyl/N-ethyl adjacent to an activating group) is 1. The highest BCUT2D eigenvalue weighted by Crippen LogP contribution is 2.33. The molecule has 22 heavy (non-hydrogen) atoms. The van der Waals surface area contributed by atoms with Crippen LogP contribution in [0.2, 0.25) is 0 Å². The van der Waals surface area contributed by atoms with Crippen LogP contribution in [0.25, 0.3) is 0 Å². The molecule has 1 aliphatic heterocycles. The van der Waals surface area contributed by atoms with Crippen molar-refractivity contribution >= 4 is 28.5 Å². The summed E-state index contributed by atoms with van der Waals surface area (Å²) in [6, 6.07) is 4.10. The number of carbonyl (C=O) groups excluding carboxylic acids is 1. The van der Waals surface area contributed by atoms with Gasteiger partial charge in [-0.3, -0.25) is 9.69 Å². The van der Waals surface area contributed by atoms with Crippen LogP contribution in [-0.2, 0) is 0 Å². The van der Waals surface area contributed by atoms with Crippen LogP contribution >= 0.6 is 22.6 Å². The Kier molecular flexibility index (Phi) is 6.31. The number of carbonyl (C=O) groups is 1. The predicted molar refractivity (Wildman–Crippen MR) is 94.9 cm³/mol. The molecule has 0 aromatic heterocycles. The summed E-state index contributed by atoms with van der Waals surface area (Å²) in [7, 11) is 3.14. The third-order valence-electron chi connectivity index (χ3n) is 4.13. The van der Waals surface area contributed by atoms with E-state index in [-0.39, 0.29) is 5.91 Å². The molecule has 1 N–H and O–H groups in total. The highest BCUT2D eigenvalue weighted by molar-refractivity contribution is 14.1. The molecule has 0 spiro atoms. The van der Waals surface area contributed by atoms with E-state index in [4.69, 9.17) is 9.47 Å². The number of likely N-dealkylation sites (tertiary alicyclic amines) is 1. The molecule has 0 bridgehead atoms. The van der Waals surface area contributed by atoms with Gasteiger partial charge in [-0.2, -0.15) is 0 Å². The Labute approximate surface area is 145 Å². The summed E-state index contributed by atoms with van der Waals surface area (Å²) in [5, 5.41) is 3.04. The van der Waals surface area contributed by atoms with Crippen LogP contribution < -0.4 is 14.8 Å². The van der Waals surface area contributed by atoms with Crippen LogP contribution in [0.15, 0.2) is 12.1 Å². The summed E-state index contributed by atoms with van der Waals surface area (Å²) in [5.41, 5.74) is 0.470. The van der Waals surface area contributed by atoms with Crippen LogP contribution in [-0.4, -0.2) is 50.7 Å². The van der Waals surface area contributed by atoms with Crippen molar-refractivity contribution in [2.24, 2.45) is 0 Å². The Morgan fingerprint density at radius 3 is 2.82 bits per heavy atom. The van der Waals surface area contributed by atoms with Gasteiger partial charge in [0.15, 0.2) is 0 Å². The van der Waals surface area contributed by atoms with Crippen molar-refractivity contribution in [2.75, 3.05) is 33.9 Å². The molecule has 6 heteroatoms. The number of halogens is 1. The first-order valence-electron chi connectivity index (χ1n) is 7.55. The first kappa shape index (κ1) is 17.3. The second-order valence-corrected chi connectivity index (χ2v) is 6.45. The monoisotopic (exact) mass is 418 g/mol. The van der Waals surface area contributed by atoms with Crippen molar-refractivity contribution in [3.8, 4) is 11.5 Å². The maximum absolute atomic E-state index is 12.6. The number of methoxy groups -OCH3 is 2. The lowest BCUT2D eigenvalue weighted by molar-refractivity contribution is 0.0935. The molecular weight excluding hydrogens is 395 g/mol. The lowest BCUT2D eigenvalue weighted by Crippen LogP contribution is -2.40. The Bertz CT molecular complexity index is 536. The van der Waals surface area contributed by atoms with E-state index in [0.717, 1.165) is 23.1 Å². The van der Waals surface area contributed by atoms with Gasteiger partial charge in [-0.05, 0) is 60.7 Å². The van der Waals surface area contributed by atoms with Crippen LogP contribution in [0.3, 0.4) is 0 Å². The number of ether oxygens (including phenoxy) is 2. The molecule has 1 aliphatic rings. The summed E-state index contributed by atoms with van der Waals surface area (Å²) in [4.78, 5) is 15.0. The van der Waals surface area contributed by atoms with Crippen molar-refractivity contribution in [2.45, 2.75) is 25.8 Å². The molecule has 1 aromatic rings. The van der Waals surface area contributed by atoms with Gasteiger partial charge in [0.25, 0.3) is 5.91 Å². The second kappa shape index (κ2) is 8.01. The fraction of sp³-hybridized carbons (Fsp3) is 0.562. The first-order valence-corrected chi connectivity index (χ1v) is 8.63. The van der Waals surface area contributed by atoms with Gasteiger partial charge in [-0.15, -0.1) is 0 Å². The normalized spacial score (nSPS) is 18.3. The summed E-state index contributed by atoms with van der Waals surface area (Å²) >= 11 is 2.16. The molecule has 1 unspecified atom stereocenters. The number of amides is 1. The highest BCUT2D eigenvalue weighted by Gasteiger charge is 2.25. The van der Waals surface area contributed by atoms with Crippen molar-refractivity contribution in [3.05, 3.63) is 21.3 Å². The topological polar surface area (TPSA) is 50.8 Å². The average molecular weight is 418 g/mol. The van der Waals surface area contributed by atoms with Crippen LogP contribution in [0.4, 0.5) is 0 Å². The van der Waals surface area contributed by atoms with E-state index >= 15 is 0 Å². The van der Waals surface area contributed by atoms with Gasteiger partial charge in [0, 0.05) is 12.6 Å². The minimum atomic E-state index is -0.143. The Hall–Kier alpha value is -1.02. The van der Waals surface area contributed by atoms with Crippen molar-refractivity contribution < 1.29 is 14.3 Å². The fourth-order valence-corrected chi connectivity index (χ4v) is 3.64. The molecule has 0 radical (unpaired) electrons. The second-order valence-electron chi connectivity index (χ2n) is 5.29. The average Bonchev–Trinajstić information content (AvgIpc) is 2.99. The molecule has 1 atom stereocenters. The summed E-state index contributed by atoms with van der Waals surface area (Å²) < 4.78 is 11.6. The van der Waals surface area contributed by atoms with Crippen LogP contribution in [0, 0.1) is 3.57 Å². The van der Waals surface area contributed by atoms with E-state index in [1.54, 1.807) is 20.3 Å². The highest BCUT2D eigenvalue weighted by atomic mass is 127. The molecule has 1 aromatic carbocycles. The van der Waals surface area contributed by atoms with E-state index in [1.165, 1.54) is 6.42 Å². The largest absolute Gasteiger partial charge is 0.496 e. The molecule has 5 nitrogen and oxygen atoms in total. The molecular formula is C16H23IN2O3. The van der Waals surface area contributed by atoms with Gasteiger partial charge >= 0.3 is 0 Å². The molecule has 1 heterocycles. The third kappa shape index (κ3) is 3.65. The van der Waals surface area contributed by atoms with Gasteiger partial charge in [0.1, 0.15) is 17.1 Å². The first-order chi connectivity index (χ1) is 10.6. The minimum absolute atomic E-state index is 0.143. The van der Waals surface area contributed by atoms with Crippen molar-refractivity contribution in [3.63, 3.8) is 0 Å². The van der Waals surface area contributed by atoms with E-state index in [1.807, 2.05) is 6.07 Å². The predicted octanol–water partition coefficient (Wildman–Crippen LogP) is 2.52. The van der Waals surface area contributed by atoms with Gasteiger partial charge < -0.3 is 14.8 Å². The summed E-state index contributed by atoms with van der Waals surface area (Å²) in [6.45, 7) is 4.96. The fourth-order valence-electron chi connectivity index (χ4n) is 2.97. The number of hydrogen-bond donors (Lipinski definition) is 1. The van der Waals surface area contributed by atoms with Crippen LogP contribution in [0.1, 0.15) is 30.1 Å². The number of nitrogens with zero attached hydrogens (tertiary/aromatic N) is 1. The summed E-state index contributed by atoms with van der Waals surface area (Å²) in [5.74, 6) is 0.958. The Morgan fingerprint density at radius 2 is 2.18 bits per heavy atom. The minimum Gasteiger partial charge on any atom is -0.496 e. The SMILES string of the molecule is CCN1CCCC1CNC(=O)c1c(OC)ccc(I)c1OC. The number of benzene rings is 1. The van der Waals surface area contributed by atoms with Crippen molar-refractivity contribution in [1.82, 2.24) is 10.2 Å². The molecule has 122 valence electrons. The smallest absolute Gasteiger partial charge is 0.258 e. The van der Waals surface area contributed by atoms with Crippen molar-refractivity contribution in [1.29, 1.82) is 0 Å². The quantitative estimate of drug-likeness (QED) is 0.722. The standard InChI is InChI=1S/C16H23IN2O3/c1-4-19-9-5-6-11(19)10-18-16(20)14-13(21-2)8-7-12(17)15(14)22-3/h7-8,11H,4-6,9-10H2,1-3H3,(H,18,20). The van der Waals surface area contributed by atoms with E-state index in [9.17, 15) is 4.79 Å². The number of hydrogen-bond acceptors (Lipinski definition) is 4. The molecule has 1 amide bonds. The maximum Gasteiger partial charge on any atom is 0.258 e. The van der Waals surface area contributed by atoms with E-state index in [0.29, 0.717) is 29.6 Å². The lowest BCUT2D eigenvalue weighted by Gasteiger charge is -2.23. The van der Waals surface area contributed by atoms with Gasteiger partial charge in [-0.25, -0.2) is 0 Å². The van der Waals surface area contributed by atoms with Gasteiger partial charge in [-0.1, -0.05) is 6.92 Å². The van der Waals surface area contributed by atoms with E-state index < -0.39 is 0 Å². The van der Waals surface area contributed by atoms with Crippen LogP contribution in [0.5, 0.6) is 11.5 Å². The summed E-state index contributed by atoms with van der Waals surface area (Å²) in [6.07, 6.45) is 2.33. The van der Waals surface area contributed by atoms with Gasteiger partial charge in [0.2, 0.25) is 0 Å². The molecule has 1 fully saturated rings. The zero-order valence-electron chi connectivity index (χ0n) is 13.3. The number of nitrogens with one attached hydrogen (secondary N) is 1.